The number of ether oxygens (including phenoxy) is 1. The summed E-state index contributed by atoms with van der Waals surface area (Å²) in [5, 5.41) is 5.90. The number of anilines is 2. The van der Waals surface area contributed by atoms with E-state index in [2.05, 4.69) is 10.6 Å². The van der Waals surface area contributed by atoms with Crippen LogP contribution in [0.1, 0.15) is 33.9 Å². The minimum Gasteiger partial charge on any atom is -0.375 e. The zero-order valence-corrected chi connectivity index (χ0v) is 19.0. The molecule has 1 atom stereocenters. The molecule has 0 radical (unpaired) electrons. The summed E-state index contributed by atoms with van der Waals surface area (Å²) in [6, 6.07) is 12.3. The molecule has 0 bridgehead atoms. The molecule has 2 aromatic carbocycles. The van der Waals surface area contributed by atoms with E-state index in [0.717, 1.165) is 11.1 Å². The summed E-state index contributed by atoms with van der Waals surface area (Å²) in [5.41, 5.74) is 3.36. The third-order valence-corrected chi connectivity index (χ3v) is 5.51. The van der Waals surface area contributed by atoms with Crippen LogP contribution in [0.25, 0.3) is 0 Å². The van der Waals surface area contributed by atoms with Crippen molar-refractivity contribution in [1.82, 2.24) is 10.2 Å². The van der Waals surface area contributed by atoms with Crippen LogP contribution < -0.4 is 15.5 Å². The summed E-state index contributed by atoms with van der Waals surface area (Å²) in [7, 11) is 5.02. The standard InChI is InChI=1S/C24H30N4O4/c1-16-5-7-17(8-6-16)21-14-22(29)26-19-13-18(24(31)27(3)12-11-25-2)9-10-20(19)28(21)23(30)15-32-4/h5-10,13,21,25H,11-12,14-15H2,1-4H3,(H,26,29). The first kappa shape index (κ1) is 23.4. The van der Waals surface area contributed by atoms with Gasteiger partial charge in [-0.3, -0.25) is 14.4 Å². The van der Waals surface area contributed by atoms with E-state index in [4.69, 9.17) is 4.74 Å². The molecule has 170 valence electrons. The van der Waals surface area contributed by atoms with Gasteiger partial charge < -0.3 is 25.2 Å². The van der Waals surface area contributed by atoms with E-state index in [9.17, 15) is 14.4 Å². The van der Waals surface area contributed by atoms with Crippen molar-refractivity contribution < 1.29 is 19.1 Å². The maximum absolute atomic E-state index is 13.1. The molecule has 8 nitrogen and oxygen atoms in total. The molecule has 0 saturated heterocycles. The summed E-state index contributed by atoms with van der Waals surface area (Å²) >= 11 is 0. The molecular formula is C24H30N4O4. The van der Waals surface area contributed by atoms with Crippen LogP contribution in [0.4, 0.5) is 11.4 Å². The van der Waals surface area contributed by atoms with Crippen LogP contribution in [0.3, 0.4) is 0 Å². The number of carbonyl (C=O) groups is 3. The Labute approximate surface area is 188 Å². The number of aryl methyl sites for hydroxylation is 1. The van der Waals surface area contributed by atoms with Gasteiger partial charge in [-0.25, -0.2) is 0 Å². The van der Waals surface area contributed by atoms with Crippen LogP contribution >= 0.6 is 0 Å². The lowest BCUT2D eigenvalue weighted by molar-refractivity contribution is -0.122. The smallest absolute Gasteiger partial charge is 0.253 e. The number of benzene rings is 2. The van der Waals surface area contributed by atoms with Crippen molar-refractivity contribution in [3.05, 3.63) is 59.2 Å². The minimum atomic E-state index is -0.487. The van der Waals surface area contributed by atoms with E-state index in [1.165, 1.54) is 7.11 Å². The van der Waals surface area contributed by atoms with Crippen LogP contribution in [0.5, 0.6) is 0 Å². The Morgan fingerprint density at radius 1 is 1.22 bits per heavy atom. The average molecular weight is 439 g/mol. The molecule has 2 N–H and O–H groups in total. The lowest BCUT2D eigenvalue weighted by atomic mass is 9.99. The van der Waals surface area contributed by atoms with E-state index >= 15 is 0 Å². The number of carbonyl (C=O) groups excluding carboxylic acids is 3. The summed E-state index contributed by atoms with van der Waals surface area (Å²) < 4.78 is 5.11. The van der Waals surface area contributed by atoms with Crippen molar-refractivity contribution in [3.8, 4) is 0 Å². The van der Waals surface area contributed by atoms with Gasteiger partial charge in [-0.2, -0.15) is 0 Å². The highest BCUT2D eigenvalue weighted by molar-refractivity contribution is 6.06. The first-order chi connectivity index (χ1) is 15.3. The Balaban J connectivity index is 2.04. The summed E-state index contributed by atoms with van der Waals surface area (Å²) in [6.45, 7) is 3.08. The molecule has 1 aliphatic heterocycles. The maximum atomic E-state index is 13.1. The van der Waals surface area contributed by atoms with Gasteiger partial charge in [-0.1, -0.05) is 29.8 Å². The second-order valence-electron chi connectivity index (χ2n) is 7.94. The van der Waals surface area contributed by atoms with E-state index in [-0.39, 0.29) is 30.7 Å². The molecule has 8 heteroatoms. The third kappa shape index (κ3) is 5.15. The number of rotatable bonds is 7. The quantitative estimate of drug-likeness (QED) is 0.693. The Hall–Kier alpha value is -3.23. The monoisotopic (exact) mass is 438 g/mol. The SMILES string of the molecule is CNCCN(C)C(=O)c1ccc2c(c1)NC(=O)CC(c1ccc(C)cc1)N2C(=O)COC. The predicted octanol–water partition coefficient (Wildman–Crippen LogP) is 2.35. The minimum absolute atomic E-state index is 0.0958. The summed E-state index contributed by atoms with van der Waals surface area (Å²) in [5.74, 6) is -0.648. The van der Waals surface area contributed by atoms with E-state index in [0.29, 0.717) is 30.0 Å². The van der Waals surface area contributed by atoms with Gasteiger partial charge in [0.05, 0.1) is 23.8 Å². The van der Waals surface area contributed by atoms with Crippen LogP contribution in [-0.2, 0) is 14.3 Å². The number of amides is 3. The number of nitrogens with zero attached hydrogens (tertiary/aromatic N) is 2. The lowest BCUT2D eigenvalue weighted by Gasteiger charge is -2.31. The molecule has 0 aliphatic carbocycles. The topological polar surface area (TPSA) is 91.0 Å². The van der Waals surface area contributed by atoms with Gasteiger partial charge in [0.15, 0.2) is 0 Å². The summed E-state index contributed by atoms with van der Waals surface area (Å²) in [4.78, 5) is 41.9. The Kier molecular flexibility index (Phi) is 7.61. The van der Waals surface area contributed by atoms with Crippen LogP contribution in [0.15, 0.2) is 42.5 Å². The molecule has 2 aromatic rings. The fraction of sp³-hybridized carbons (Fsp3) is 0.375. The molecule has 3 amide bonds. The molecule has 0 aromatic heterocycles. The average Bonchev–Trinajstić information content (AvgIpc) is 2.92. The van der Waals surface area contributed by atoms with Crippen LogP contribution in [0.2, 0.25) is 0 Å². The number of likely N-dealkylation sites (N-methyl/N-ethyl adjacent to an activating group) is 2. The molecule has 32 heavy (non-hydrogen) atoms. The van der Waals surface area contributed by atoms with Gasteiger partial charge in [0.25, 0.3) is 11.8 Å². The molecule has 0 saturated carbocycles. The Morgan fingerprint density at radius 3 is 2.59 bits per heavy atom. The van der Waals surface area contributed by atoms with Gasteiger partial charge >= 0.3 is 0 Å². The van der Waals surface area contributed by atoms with Crippen LogP contribution in [-0.4, -0.2) is 63.5 Å². The zero-order chi connectivity index (χ0) is 23.3. The van der Waals surface area contributed by atoms with Gasteiger partial charge in [-0.15, -0.1) is 0 Å². The normalized spacial score (nSPS) is 15.6. The third-order valence-electron chi connectivity index (χ3n) is 5.51. The number of methoxy groups -OCH3 is 1. The van der Waals surface area contributed by atoms with E-state index < -0.39 is 6.04 Å². The first-order valence-electron chi connectivity index (χ1n) is 10.6. The second kappa shape index (κ2) is 10.4. The number of hydrogen-bond acceptors (Lipinski definition) is 5. The van der Waals surface area contributed by atoms with Crippen molar-refractivity contribution in [2.45, 2.75) is 19.4 Å². The molecule has 0 spiro atoms. The maximum Gasteiger partial charge on any atom is 0.253 e. The van der Waals surface area contributed by atoms with Gasteiger partial charge in [0.1, 0.15) is 6.61 Å². The van der Waals surface area contributed by atoms with Gasteiger partial charge in [0.2, 0.25) is 5.91 Å². The number of hydrogen-bond donors (Lipinski definition) is 2. The summed E-state index contributed by atoms with van der Waals surface area (Å²) in [6.07, 6.45) is 0.0958. The lowest BCUT2D eigenvalue weighted by Crippen LogP contribution is -2.37. The predicted molar refractivity (Wildman–Crippen MR) is 124 cm³/mol. The molecule has 0 fully saturated rings. The van der Waals surface area contributed by atoms with Gasteiger partial charge in [0, 0.05) is 32.8 Å². The molecule has 1 unspecified atom stereocenters. The fourth-order valence-corrected chi connectivity index (χ4v) is 3.77. The second-order valence-corrected chi connectivity index (χ2v) is 7.94. The highest BCUT2D eigenvalue weighted by Gasteiger charge is 2.34. The molecule has 3 rings (SSSR count). The van der Waals surface area contributed by atoms with Crippen molar-refractivity contribution in [2.24, 2.45) is 0 Å². The largest absolute Gasteiger partial charge is 0.375 e. The van der Waals surface area contributed by atoms with Crippen LogP contribution in [0, 0.1) is 6.92 Å². The van der Waals surface area contributed by atoms with Crippen molar-refractivity contribution in [2.75, 3.05) is 51.1 Å². The Morgan fingerprint density at radius 2 is 1.94 bits per heavy atom. The highest BCUT2D eigenvalue weighted by atomic mass is 16.5. The fourth-order valence-electron chi connectivity index (χ4n) is 3.77. The highest BCUT2D eigenvalue weighted by Crippen LogP contribution is 2.39. The van der Waals surface area contributed by atoms with Crippen molar-refractivity contribution >= 4 is 29.1 Å². The first-order valence-corrected chi connectivity index (χ1v) is 10.6. The van der Waals surface area contributed by atoms with Crippen molar-refractivity contribution in [1.29, 1.82) is 0 Å². The number of fused-ring (bicyclic) bond motifs is 1. The Bertz CT molecular complexity index is 990. The van der Waals surface area contributed by atoms with Crippen molar-refractivity contribution in [3.63, 3.8) is 0 Å². The van der Waals surface area contributed by atoms with Gasteiger partial charge in [-0.05, 0) is 37.7 Å². The molecular weight excluding hydrogens is 408 g/mol. The molecule has 1 heterocycles. The van der Waals surface area contributed by atoms with E-state index in [1.807, 2.05) is 38.2 Å². The molecule has 1 aliphatic rings. The van der Waals surface area contributed by atoms with E-state index in [1.54, 1.807) is 35.0 Å². The number of nitrogens with one attached hydrogen (secondary N) is 2. The zero-order valence-electron chi connectivity index (χ0n) is 19.0.